The standard InChI is InChI=1S/C16H19ClN4O2/c1-11-7-13(17)4-5-14(11)23-9-15(22)21-6-2-3-12(8-21)16-18-10-19-20-16/h4-5,7,10,12H,2-3,6,8-9H2,1H3,(H,18,19,20). The summed E-state index contributed by atoms with van der Waals surface area (Å²) in [6, 6.07) is 5.37. The molecule has 0 saturated carbocycles. The first-order valence-electron chi connectivity index (χ1n) is 7.65. The molecule has 3 rings (SSSR count). The van der Waals surface area contributed by atoms with Crippen molar-refractivity contribution >= 4 is 17.5 Å². The number of H-pyrrole nitrogens is 1. The van der Waals surface area contributed by atoms with E-state index in [1.165, 1.54) is 6.33 Å². The van der Waals surface area contributed by atoms with E-state index in [9.17, 15) is 4.79 Å². The number of aromatic nitrogens is 3. The summed E-state index contributed by atoms with van der Waals surface area (Å²) in [5.74, 6) is 1.74. The van der Waals surface area contributed by atoms with Crippen molar-refractivity contribution in [3.63, 3.8) is 0 Å². The van der Waals surface area contributed by atoms with E-state index in [2.05, 4.69) is 15.2 Å². The zero-order chi connectivity index (χ0) is 16.2. The van der Waals surface area contributed by atoms with Gasteiger partial charge in [-0.1, -0.05) is 11.6 Å². The molecule has 1 unspecified atom stereocenters. The fourth-order valence-electron chi connectivity index (χ4n) is 2.84. The largest absolute Gasteiger partial charge is 0.483 e. The Morgan fingerprint density at radius 1 is 1.52 bits per heavy atom. The lowest BCUT2D eigenvalue weighted by atomic mass is 9.97. The van der Waals surface area contributed by atoms with Gasteiger partial charge in [0.2, 0.25) is 0 Å². The zero-order valence-electron chi connectivity index (χ0n) is 13.0. The third-order valence-corrected chi connectivity index (χ3v) is 4.32. The molecule has 6 nitrogen and oxygen atoms in total. The van der Waals surface area contributed by atoms with Crippen molar-refractivity contribution in [2.75, 3.05) is 19.7 Å². The van der Waals surface area contributed by atoms with Gasteiger partial charge >= 0.3 is 0 Å². The van der Waals surface area contributed by atoms with Gasteiger partial charge in [-0.15, -0.1) is 0 Å². The second-order valence-corrected chi connectivity index (χ2v) is 6.18. The number of aryl methyl sites for hydroxylation is 1. The average molecular weight is 335 g/mol. The molecule has 0 aliphatic carbocycles. The van der Waals surface area contributed by atoms with Gasteiger partial charge in [-0.2, -0.15) is 5.10 Å². The van der Waals surface area contributed by atoms with Gasteiger partial charge in [-0.25, -0.2) is 4.98 Å². The third kappa shape index (κ3) is 3.82. The number of nitrogens with one attached hydrogen (secondary N) is 1. The number of hydrogen-bond acceptors (Lipinski definition) is 4. The van der Waals surface area contributed by atoms with Crippen LogP contribution >= 0.6 is 11.6 Å². The Bertz CT molecular complexity index is 675. The first-order valence-corrected chi connectivity index (χ1v) is 8.03. The number of amides is 1. The lowest BCUT2D eigenvalue weighted by molar-refractivity contribution is -0.134. The van der Waals surface area contributed by atoms with E-state index in [1.807, 2.05) is 17.9 Å². The highest BCUT2D eigenvalue weighted by Gasteiger charge is 2.26. The number of piperidine rings is 1. The summed E-state index contributed by atoms with van der Waals surface area (Å²) < 4.78 is 5.65. The van der Waals surface area contributed by atoms with E-state index < -0.39 is 0 Å². The van der Waals surface area contributed by atoms with Gasteiger partial charge in [0.1, 0.15) is 17.9 Å². The van der Waals surface area contributed by atoms with E-state index in [4.69, 9.17) is 16.3 Å². The van der Waals surface area contributed by atoms with Crippen LogP contribution in [0.25, 0.3) is 0 Å². The van der Waals surface area contributed by atoms with Crippen LogP contribution in [0.2, 0.25) is 5.02 Å². The summed E-state index contributed by atoms with van der Waals surface area (Å²) in [6.07, 6.45) is 3.47. The monoisotopic (exact) mass is 334 g/mol. The summed E-state index contributed by atoms with van der Waals surface area (Å²) in [5, 5.41) is 7.44. The number of halogens is 1. The number of ether oxygens (including phenoxy) is 1. The fraction of sp³-hybridized carbons (Fsp3) is 0.438. The van der Waals surface area contributed by atoms with E-state index in [0.717, 1.165) is 30.8 Å². The Morgan fingerprint density at radius 2 is 2.39 bits per heavy atom. The highest BCUT2D eigenvalue weighted by molar-refractivity contribution is 6.30. The van der Waals surface area contributed by atoms with E-state index in [-0.39, 0.29) is 18.4 Å². The van der Waals surface area contributed by atoms with Crippen LogP contribution in [0.1, 0.15) is 30.1 Å². The molecular formula is C16H19ClN4O2. The molecule has 1 fully saturated rings. The zero-order valence-corrected chi connectivity index (χ0v) is 13.7. The second-order valence-electron chi connectivity index (χ2n) is 5.75. The molecule has 7 heteroatoms. The second kappa shape index (κ2) is 7.00. The molecule has 1 aromatic heterocycles. The summed E-state index contributed by atoms with van der Waals surface area (Å²) in [7, 11) is 0. The summed E-state index contributed by atoms with van der Waals surface area (Å²) in [6.45, 7) is 3.35. The number of nitrogens with zero attached hydrogens (tertiary/aromatic N) is 3. The van der Waals surface area contributed by atoms with Crippen LogP contribution in [-0.2, 0) is 4.79 Å². The Hall–Kier alpha value is -2.08. The van der Waals surface area contributed by atoms with Gasteiger partial charge in [0.05, 0.1) is 0 Å². The summed E-state index contributed by atoms with van der Waals surface area (Å²) in [5.41, 5.74) is 0.920. The minimum atomic E-state index is -0.0106. The molecule has 23 heavy (non-hydrogen) atoms. The van der Waals surface area contributed by atoms with Crippen LogP contribution in [0.5, 0.6) is 5.75 Å². The molecule has 2 heterocycles. The highest BCUT2D eigenvalue weighted by atomic mass is 35.5. The van der Waals surface area contributed by atoms with Gasteiger partial charge in [0.15, 0.2) is 6.61 Å². The highest BCUT2D eigenvalue weighted by Crippen LogP contribution is 2.25. The molecule has 0 spiro atoms. The van der Waals surface area contributed by atoms with Gasteiger partial charge < -0.3 is 9.64 Å². The maximum Gasteiger partial charge on any atom is 0.260 e. The molecular weight excluding hydrogens is 316 g/mol. The van der Waals surface area contributed by atoms with E-state index in [0.29, 0.717) is 17.3 Å². The third-order valence-electron chi connectivity index (χ3n) is 4.08. The first kappa shape index (κ1) is 15.8. The van der Waals surface area contributed by atoms with Crippen LogP contribution in [0.3, 0.4) is 0 Å². The van der Waals surface area contributed by atoms with E-state index >= 15 is 0 Å². The van der Waals surface area contributed by atoms with Crippen LogP contribution in [0.15, 0.2) is 24.5 Å². The number of likely N-dealkylation sites (tertiary alicyclic amines) is 1. The van der Waals surface area contributed by atoms with Crippen molar-refractivity contribution in [3.05, 3.63) is 40.9 Å². The van der Waals surface area contributed by atoms with Crippen LogP contribution in [0.4, 0.5) is 0 Å². The van der Waals surface area contributed by atoms with Gasteiger partial charge in [0.25, 0.3) is 5.91 Å². The number of carbonyl (C=O) groups excluding carboxylic acids is 1. The van der Waals surface area contributed by atoms with Crippen LogP contribution in [-0.4, -0.2) is 45.7 Å². The maximum atomic E-state index is 12.4. The molecule has 1 aromatic carbocycles. The van der Waals surface area contributed by atoms with E-state index in [1.54, 1.807) is 12.1 Å². The van der Waals surface area contributed by atoms with Gasteiger partial charge in [0, 0.05) is 24.0 Å². The number of hydrogen-bond donors (Lipinski definition) is 1. The Balaban J connectivity index is 1.57. The Labute approximate surface area is 139 Å². The van der Waals surface area contributed by atoms with Crippen LogP contribution < -0.4 is 4.74 Å². The number of benzene rings is 1. The molecule has 1 saturated heterocycles. The molecule has 1 atom stereocenters. The number of rotatable bonds is 4. The SMILES string of the molecule is Cc1cc(Cl)ccc1OCC(=O)N1CCCC(c2ncn[nH]2)C1. The molecule has 2 aromatic rings. The fourth-order valence-corrected chi connectivity index (χ4v) is 3.07. The number of aromatic amines is 1. The number of carbonyl (C=O) groups is 1. The maximum absolute atomic E-state index is 12.4. The van der Waals surface area contributed by atoms with Crippen molar-refractivity contribution in [3.8, 4) is 5.75 Å². The van der Waals surface area contributed by atoms with Crippen molar-refractivity contribution in [1.29, 1.82) is 0 Å². The average Bonchev–Trinajstić information content (AvgIpc) is 3.08. The minimum absolute atomic E-state index is 0.0106. The minimum Gasteiger partial charge on any atom is -0.483 e. The molecule has 1 aliphatic heterocycles. The smallest absolute Gasteiger partial charge is 0.260 e. The first-order chi connectivity index (χ1) is 11.1. The molecule has 1 aliphatic rings. The Morgan fingerprint density at radius 3 is 3.13 bits per heavy atom. The van der Waals surface area contributed by atoms with Gasteiger partial charge in [-0.3, -0.25) is 9.89 Å². The lowest BCUT2D eigenvalue weighted by Crippen LogP contribution is -2.41. The summed E-state index contributed by atoms with van der Waals surface area (Å²) in [4.78, 5) is 18.4. The van der Waals surface area contributed by atoms with Crippen molar-refractivity contribution in [2.45, 2.75) is 25.7 Å². The molecule has 1 amide bonds. The van der Waals surface area contributed by atoms with Gasteiger partial charge in [-0.05, 0) is 43.5 Å². The van der Waals surface area contributed by atoms with Crippen LogP contribution in [0, 0.1) is 6.92 Å². The van der Waals surface area contributed by atoms with Crippen molar-refractivity contribution in [1.82, 2.24) is 20.1 Å². The normalized spacial score (nSPS) is 18.0. The van der Waals surface area contributed by atoms with Crippen molar-refractivity contribution in [2.24, 2.45) is 0 Å². The summed E-state index contributed by atoms with van der Waals surface area (Å²) >= 11 is 5.92. The molecule has 0 bridgehead atoms. The predicted molar refractivity (Wildman–Crippen MR) is 86.6 cm³/mol. The molecule has 122 valence electrons. The quantitative estimate of drug-likeness (QED) is 0.932. The molecule has 0 radical (unpaired) electrons. The Kier molecular flexibility index (Phi) is 4.81. The topological polar surface area (TPSA) is 71.1 Å². The predicted octanol–water partition coefficient (Wildman–Crippen LogP) is 2.55. The molecule has 1 N–H and O–H groups in total. The van der Waals surface area contributed by atoms with Crippen molar-refractivity contribution < 1.29 is 9.53 Å². The lowest BCUT2D eigenvalue weighted by Gasteiger charge is -2.31.